The Morgan fingerprint density at radius 2 is 1.68 bits per heavy atom. The third kappa shape index (κ3) is 6.72. The summed E-state index contributed by atoms with van der Waals surface area (Å²) in [5.41, 5.74) is 0.646. The molecule has 37 heavy (non-hydrogen) atoms. The number of ketones is 1. The Kier molecular flexibility index (Phi) is 8.55. The van der Waals surface area contributed by atoms with Gasteiger partial charge in [0.2, 0.25) is 10.0 Å². The van der Waals surface area contributed by atoms with Crippen molar-refractivity contribution in [2.75, 3.05) is 0 Å². The fraction of sp³-hybridized carbons (Fsp3) is 0.200. The minimum absolute atomic E-state index is 0.0807. The molecule has 12 heteroatoms. The smallest absolute Gasteiger partial charge is 0.244 e. The zero-order chi connectivity index (χ0) is 26.4. The lowest BCUT2D eigenvalue weighted by Crippen LogP contribution is -2.42. The third-order valence-corrected chi connectivity index (χ3v) is 7.61. The fourth-order valence-corrected chi connectivity index (χ4v) is 5.49. The van der Waals surface area contributed by atoms with Crippen LogP contribution >= 0.6 is 23.2 Å². The van der Waals surface area contributed by atoms with Crippen LogP contribution in [0.15, 0.2) is 77.7 Å². The molecule has 0 radical (unpaired) electrons. The maximum Gasteiger partial charge on any atom is 0.244 e. The van der Waals surface area contributed by atoms with Crippen molar-refractivity contribution < 1.29 is 17.9 Å². The molecule has 0 amide bonds. The first-order chi connectivity index (χ1) is 17.8. The number of nitrogens with zero attached hydrogens (tertiary/aromatic N) is 4. The SMILES string of the molecule is CCC(NS(=O)(=O)c1ccccc1Oc1ccccc1)C(=O)Cn1nnc(Cc2c(Cl)cccc2Cl)n1. The average Bonchev–Trinajstić information content (AvgIpc) is 3.32. The molecule has 1 heterocycles. The van der Waals surface area contributed by atoms with E-state index in [9.17, 15) is 13.2 Å². The summed E-state index contributed by atoms with van der Waals surface area (Å²) in [6, 6.07) is 19.2. The van der Waals surface area contributed by atoms with Crippen molar-refractivity contribution in [3.63, 3.8) is 0 Å². The van der Waals surface area contributed by atoms with Gasteiger partial charge in [0, 0.05) is 16.5 Å². The summed E-state index contributed by atoms with van der Waals surface area (Å²) in [6.07, 6.45) is 0.450. The zero-order valence-corrected chi connectivity index (χ0v) is 22.0. The van der Waals surface area contributed by atoms with Gasteiger partial charge in [-0.2, -0.15) is 4.80 Å². The van der Waals surface area contributed by atoms with Gasteiger partial charge in [-0.3, -0.25) is 4.79 Å². The second kappa shape index (κ2) is 11.8. The van der Waals surface area contributed by atoms with E-state index >= 15 is 0 Å². The first-order valence-corrected chi connectivity index (χ1v) is 13.6. The number of carbonyl (C=O) groups excluding carboxylic acids is 1. The van der Waals surface area contributed by atoms with E-state index in [0.717, 1.165) is 4.80 Å². The minimum atomic E-state index is -4.10. The lowest BCUT2D eigenvalue weighted by atomic mass is 10.1. The molecule has 1 atom stereocenters. The van der Waals surface area contributed by atoms with Gasteiger partial charge >= 0.3 is 0 Å². The molecule has 0 aliphatic heterocycles. The van der Waals surface area contributed by atoms with E-state index in [1.165, 1.54) is 6.07 Å². The number of rotatable bonds is 11. The van der Waals surface area contributed by atoms with Gasteiger partial charge in [-0.25, -0.2) is 13.1 Å². The number of para-hydroxylation sites is 2. The van der Waals surface area contributed by atoms with Crippen LogP contribution in [0, 0.1) is 0 Å². The number of halogens is 2. The fourth-order valence-electron chi connectivity index (χ4n) is 3.52. The van der Waals surface area contributed by atoms with Crippen molar-refractivity contribution in [1.29, 1.82) is 0 Å². The number of carbonyl (C=O) groups is 1. The lowest BCUT2D eigenvalue weighted by molar-refractivity contribution is -0.121. The summed E-state index contributed by atoms with van der Waals surface area (Å²) in [6.45, 7) is 1.43. The maximum atomic E-state index is 13.2. The second-order valence-corrected chi connectivity index (χ2v) is 10.5. The molecule has 0 bridgehead atoms. The predicted octanol–water partition coefficient (Wildman–Crippen LogP) is 4.69. The van der Waals surface area contributed by atoms with Gasteiger partial charge in [0.25, 0.3) is 0 Å². The second-order valence-electron chi connectivity index (χ2n) is 8.02. The Labute approximate surface area is 224 Å². The van der Waals surface area contributed by atoms with Crippen LogP contribution in [0.1, 0.15) is 24.7 Å². The van der Waals surface area contributed by atoms with Crippen LogP contribution in [0.4, 0.5) is 0 Å². The number of nitrogens with one attached hydrogen (secondary N) is 1. The summed E-state index contributed by atoms with van der Waals surface area (Å²) in [5, 5.41) is 13.0. The highest BCUT2D eigenvalue weighted by Crippen LogP contribution is 2.29. The summed E-state index contributed by atoms with van der Waals surface area (Å²) < 4.78 is 34.7. The molecule has 1 aromatic heterocycles. The highest BCUT2D eigenvalue weighted by Gasteiger charge is 2.27. The number of hydrogen-bond acceptors (Lipinski definition) is 7. The lowest BCUT2D eigenvalue weighted by Gasteiger charge is -2.17. The zero-order valence-electron chi connectivity index (χ0n) is 19.7. The van der Waals surface area contributed by atoms with Crippen molar-refractivity contribution in [3.8, 4) is 11.5 Å². The highest BCUT2D eigenvalue weighted by molar-refractivity contribution is 7.89. The van der Waals surface area contributed by atoms with E-state index in [2.05, 4.69) is 20.1 Å². The summed E-state index contributed by atoms with van der Waals surface area (Å²) in [4.78, 5) is 14.0. The highest BCUT2D eigenvalue weighted by atomic mass is 35.5. The molecule has 0 spiro atoms. The Hall–Kier alpha value is -3.31. The average molecular weight is 560 g/mol. The topological polar surface area (TPSA) is 116 Å². The van der Waals surface area contributed by atoms with E-state index in [-0.39, 0.29) is 30.0 Å². The van der Waals surface area contributed by atoms with Crippen molar-refractivity contribution in [1.82, 2.24) is 24.9 Å². The number of hydrogen-bond donors (Lipinski definition) is 1. The molecule has 0 aliphatic rings. The number of sulfonamides is 1. The van der Waals surface area contributed by atoms with Gasteiger partial charge in [-0.1, -0.05) is 66.5 Å². The number of ether oxygens (including phenoxy) is 1. The van der Waals surface area contributed by atoms with Crippen molar-refractivity contribution in [2.24, 2.45) is 0 Å². The normalized spacial score (nSPS) is 12.3. The maximum absolute atomic E-state index is 13.2. The molecule has 192 valence electrons. The first kappa shape index (κ1) is 26.7. The van der Waals surface area contributed by atoms with E-state index in [4.69, 9.17) is 27.9 Å². The molecule has 3 aromatic carbocycles. The van der Waals surface area contributed by atoms with E-state index in [0.29, 0.717) is 27.2 Å². The van der Waals surface area contributed by atoms with Crippen LogP contribution in [0.2, 0.25) is 10.0 Å². The summed E-state index contributed by atoms with van der Waals surface area (Å²) in [7, 11) is -4.10. The number of aromatic nitrogens is 4. The molecular weight excluding hydrogens is 537 g/mol. The van der Waals surface area contributed by atoms with Gasteiger partial charge in [-0.15, -0.1) is 10.2 Å². The largest absolute Gasteiger partial charge is 0.456 e. The van der Waals surface area contributed by atoms with E-state index < -0.39 is 21.8 Å². The molecule has 4 rings (SSSR count). The van der Waals surface area contributed by atoms with Gasteiger partial charge in [0.15, 0.2) is 11.6 Å². The molecule has 0 saturated carbocycles. The van der Waals surface area contributed by atoms with Crippen molar-refractivity contribution in [2.45, 2.75) is 37.2 Å². The third-order valence-electron chi connectivity index (χ3n) is 5.39. The van der Waals surface area contributed by atoms with Crippen molar-refractivity contribution >= 4 is 39.0 Å². The first-order valence-electron chi connectivity index (χ1n) is 11.3. The van der Waals surface area contributed by atoms with E-state index in [1.54, 1.807) is 67.6 Å². The molecule has 9 nitrogen and oxygen atoms in total. The van der Waals surface area contributed by atoms with Gasteiger partial charge < -0.3 is 4.74 Å². The summed E-state index contributed by atoms with van der Waals surface area (Å²) in [5.74, 6) is 0.527. The van der Waals surface area contributed by atoms with Gasteiger partial charge in [0.05, 0.1) is 6.04 Å². The van der Waals surface area contributed by atoms with Crippen molar-refractivity contribution in [3.05, 3.63) is 94.2 Å². The van der Waals surface area contributed by atoms with Crippen LogP contribution in [-0.4, -0.2) is 40.5 Å². The van der Waals surface area contributed by atoms with Crippen LogP contribution in [0.5, 0.6) is 11.5 Å². The standard InChI is InChI=1S/C25H23Cl2N5O4S/c1-2-21(22(33)16-32-29-25(28-31-32)15-18-19(26)11-8-12-20(18)27)30-37(34,35)24-14-7-6-13-23(24)36-17-9-4-3-5-10-17/h3-14,21,30H,2,15-16H2,1H3. The Bertz CT molecular complexity index is 1480. The van der Waals surface area contributed by atoms with E-state index in [1.807, 2.05) is 6.07 Å². The molecule has 1 unspecified atom stereocenters. The molecule has 4 aromatic rings. The van der Waals surface area contributed by atoms with Crippen LogP contribution in [0.3, 0.4) is 0 Å². The molecule has 0 saturated heterocycles. The molecule has 1 N–H and O–H groups in total. The Morgan fingerprint density at radius 1 is 1.00 bits per heavy atom. The molecule has 0 fully saturated rings. The molecule has 0 aliphatic carbocycles. The molecular formula is C25H23Cl2N5O4S. The Morgan fingerprint density at radius 3 is 2.38 bits per heavy atom. The van der Waals surface area contributed by atoms with Gasteiger partial charge in [0.1, 0.15) is 22.9 Å². The predicted molar refractivity (Wildman–Crippen MR) is 139 cm³/mol. The van der Waals surface area contributed by atoms with Crippen LogP contribution < -0.4 is 9.46 Å². The minimum Gasteiger partial charge on any atom is -0.456 e. The van der Waals surface area contributed by atoms with Gasteiger partial charge in [-0.05, 0) is 53.6 Å². The Balaban J connectivity index is 1.46. The summed E-state index contributed by atoms with van der Waals surface area (Å²) >= 11 is 12.4. The quantitative estimate of drug-likeness (QED) is 0.283. The number of tetrazole rings is 1. The van der Waals surface area contributed by atoms with Crippen LogP contribution in [0.25, 0.3) is 0 Å². The number of Topliss-reactive ketones (excluding diaryl/α,β-unsaturated/α-hetero) is 1. The van der Waals surface area contributed by atoms with Crippen LogP contribution in [-0.2, 0) is 27.8 Å². The number of benzene rings is 3. The monoisotopic (exact) mass is 559 g/mol.